The van der Waals surface area contributed by atoms with Crippen LogP contribution in [0.1, 0.15) is 34.2 Å². The van der Waals surface area contributed by atoms with Crippen molar-refractivity contribution in [3.8, 4) is 33.4 Å². The average Bonchev–Trinajstić information content (AvgIpc) is 3.86. The number of nitrogens with one attached hydrogen (secondary N) is 2. The highest BCUT2D eigenvalue weighted by Crippen LogP contribution is 2.36. The van der Waals surface area contributed by atoms with Crippen LogP contribution >= 0.6 is 0 Å². The van der Waals surface area contributed by atoms with Crippen molar-refractivity contribution >= 4 is 35.3 Å². The molecule has 5 heterocycles. The lowest BCUT2D eigenvalue weighted by atomic mass is 9.99. The van der Waals surface area contributed by atoms with E-state index < -0.39 is 0 Å². The molecule has 3 aliphatic rings. The minimum atomic E-state index is 0.895. The first-order valence-corrected chi connectivity index (χ1v) is 14.4. The number of aryl methyl sites for hydroxylation is 2. The molecule has 2 N–H and O–H groups in total. The summed E-state index contributed by atoms with van der Waals surface area (Å²) in [5, 5.41) is 0. The first-order valence-electron chi connectivity index (χ1n) is 14.4. The number of hydrogen-bond donors (Lipinski definition) is 2. The van der Waals surface area contributed by atoms with Crippen LogP contribution < -0.4 is 0 Å². The molecule has 0 saturated heterocycles. The molecular weight excluding hydrogens is 512 g/mol. The molecule has 2 aromatic heterocycles. The van der Waals surface area contributed by atoms with E-state index >= 15 is 0 Å². The molecule has 0 fully saturated rings. The SMILES string of the molecule is C1=Cc2nc1cc1ccc([nH]1)c(-c1ccccc1)c1nc(c(-c3ccccc3)c3[nH]c(c2-c2ccccc2)CC3)C=C1. The molecule has 8 rings (SSSR count). The number of benzene rings is 3. The first kappa shape index (κ1) is 24.3. The molecule has 4 nitrogen and oxygen atoms in total. The van der Waals surface area contributed by atoms with E-state index in [4.69, 9.17) is 9.97 Å². The van der Waals surface area contributed by atoms with Gasteiger partial charge in [0.15, 0.2) is 0 Å². The van der Waals surface area contributed by atoms with Crippen LogP contribution in [0.15, 0.2) is 109 Å². The summed E-state index contributed by atoms with van der Waals surface area (Å²) in [6.45, 7) is 0. The molecule has 5 aromatic rings. The minimum absolute atomic E-state index is 0.895. The van der Waals surface area contributed by atoms with Crippen LogP contribution in [0.4, 0.5) is 0 Å². The zero-order valence-corrected chi connectivity index (χ0v) is 23.0. The molecule has 8 bridgehead atoms. The Morgan fingerprint density at radius 3 is 1.55 bits per heavy atom. The molecule has 0 spiro atoms. The van der Waals surface area contributed by atoms with Crippen molar-refractivity contribution in [1.29, 1.82) is 0 Å². The van der Waals surface area contributed by atoms with Crippen LogP contribution in [0.25, 0.3) is 68.7 Å². The third-order valence-corrected chi connectivity index (χ3v) is 8.07. The number of rotatable bonds is 3. The zero-order chi connectivity index (χ0) is 27.9. The van der Waals surface area contributed by atoms with E-state index in [1.54, 1.807) is 0 Å². The van der Waals surface area contributed by atoms with E-state index in [2.05, 4.69) is 143 Å². The standard InChI is InChI=1S/C38H28N4/c1-4-10-25(11-5-1)36-30-18-16-28(39-30)24-29-17-19-31(40-29)37(26-12-6-2-7-13-26)33-21-23-35(42-33)38(27-14-8-3-9-15-27)34-22-20-32(36)41-34/h1-20,22,24,39,42H,21,23H2. The number of aromatic amines is 2. The van der Waals surface area contributed by atoms with Crippen molar-refractivity contribution in [2.45, 2.75) is 12.8 Å². The third kappa shape index (κ3) is 4.34. The Labute approximate surface area is 244 Å². The van der Waals surface area contributed by atoms with Gasteiger partial charge in [-0.25, -0.2) is 9.97 Å². The predicted molar refractivity (Wildman–Crippen MR) is 174 cm³/mol. The van der Waals surface area contributed by atoms with Crippen molar-refractivity contribution in [2.75, 3.05) is 0 Å². The molecule has 4 heteroatoms. The summed E-state index contributed by atoms with van der Waals surface area (Å²) in [6, 6.07) is 38.1. The molecule has 0 amide bonds. The summed E-state index contributed by atoms with van der Waals surface area (Å²) < 4.78 is 0. The summed E-state index contributed by atoms with van der Waals surface area (Å²) in [5.74, 6) is 0. The van der Waals surface area contributed by atoms with Crippen molar-refractivity contribution in [2.24, 2.45) is 0 Å². The smallest absolute Gasteiger partial charge is 0.0737 e. The quantitative estimate of drug-likeness (QED) is 0.235. The highest BCUT2D eigenvalue weighted by atomic mass is 14.8. The van der Waals surface area contributed by atoms with E-state index in [1.165, 1.54) is 11.4 Å². The van der Waals surface area contributed by atoms with Crippen LogP contribution in [-0.4, -0.2) is 19.9 Å². The highest BCUT2D eigenvalue weighted by molar-refractivity contribution is 5.93. The minimum Gasteiger partial charge on any atom is -0.361 e. The van der Waals surface area contributed by atoms with Gasteiger partial charge < -0.3 is 9.97 Å². The lowest BCUT2D eigenvalue weighted by Gasteiger charge is -2.07. The van der Waals surface area contributed by atoms with Gasteiger partial charge in [-0.15, -0.1) is 0 Å². The third-order valence-electron chi connectivity index (χ3n) is 8.07. The number of fused-ring (bicyclic) bond motifs is 8. The fourth-order valence-corrected chi connectivity index (χ4v) is 6.18. The maximum absolute atomic E-state index is 5.30. The second kappa shape index (κ2) is 10.2. The van der Waals surface area contributed by atoms with Gasteiger partial charge in [-0.1, -0.05) is 91.0 Å². The van der Waals surface area contributed by atoms with Gasteiger partial charge in [0, 0.05) is 39.1 Å². The van der Waals surface area contributed by atoms with Crippen molar-refractivity contribution < 1.29 is 0 Å². The molecule has 0 atom stereocenters. The van der Waals surface area contributed by atoms with Crippen LogP contribution in [0.5, 0.6) is 0 Å². The Morgan fingerprint density at radius 1 is 0.452 bits per heavy atom. The van der Waals surface area contributed by atoms with Gasteiger partial charge in [0.25, 0.3) is 0 Å². The summed E-state index contributed by atoms with van der Waals surface area (Å²) in [7, 11) is 0. The van der Waals surface area contributed by atoms with Crippen LogP contribution in [0, 0.1) is 0 Å². The van der Waals surface area contributed by atoms with Gasteiger partial charge in [-0.05, 0) is 72.0 Å². The molecule has 0 radical (unpaired) electrons. The summed E-state index contributed by atoms with van der Waals surface area (Å²) in [6.07, 6.45) is 10.3. The Morgan fingerprint density at radius 2 is 0.952 bits per heavy atom. The van der Waals surface area contributed by atoms with Gasteiger partial charge in [0.05, 0.1) is 22.8 Å². The number of H-pyrrole nitrogens is 2. The highest BCUT2D eigenvalue weighted by Gasteiger charge is 2.21. The summed E-state index contributed by atoms with van der Waals surface area (Å²) in [4.78, 5) is 17.9. The first-order chi connectivity index (χ1) is 20.8. The monoisotopic (exact) mass is 540 g/mol. The second-order valence-corrected chi connectivity index (χ2v) is 10.7. The Bertz CT molecular complexity index is 2060. The predicted octanol–water partition coefficient (Wildman–Crippen LogP) is 9.16. The lowest BCUT2D eigenvalue weighted by Crippen LogP contribution is -1.91. The molecule has 0 unspecified atom stereocenters. The van der Waals surface area contributed by atoms with Crippen LogP contribution in [0.2, 0.25) is 0 Å². The number of hydrogen-bond acceptors (Lipinski definition) is 2. The van der Waals surface area contributed by atoms with E-state index in [9.17, 15) is 0 Å². The molecule has 200 valence electrons. The maximum atomic E-state index is 5.30. The molecule has 0 aliphatic carbocycles. The normalized spacial score (nSPS) is 12.9. The van der Waals surface area contributed by atoms with Gasteiger partial charge in [0.1, 0.15) is 0 Å². The van der Waals surface area contributed by atoms with Gasteiger partial charge in [-0.3, -0.25) is 0 Å². The fraction of sp³-hybridized carbons (Fsp3) is 0.0526. The van der Waals surface area contributed by atoms with Gasteiger partial charge >= 0.3 is 0 Å². The zero-order valence-electron chi connectivity index (χ0n) is 23.0. The van der Waals surface area contributed by atoms with E-state index in [-0.39, 0.29) is 0 Å². The molecule has 0 saturated carbocycles. The number of nitrogens with zero attached hydrogens (tertiary/aromatic N) is 2. The van der Waals surface area contributed by atoms with E-state index in [1.807, 2.05) is 0 Å². The summed E-state index contributed by atoms with van der Waals surface area (Å²) >= 11 is 0. The van der Waals surface area contributed by atoms with Crippen LogP contribution in [-0.2, 0) is 12.8 Å². The average molecular weight is 541 g/mol. The summed E-state index contributed by atoms with van der Waals surface area (Å²) in [5.41, 5.74) is 15.0. The number of aromatic nitrogens is 4. The molecular formula is C38H28N4. The second-order valence-electron chi connectivity index (χ2n) is 10.7. The van der Waals surface area contributed by atoms with Crippen molar-refractivity contribution in [3.05, 3.63) is 143 Å². The Balaban J connectivity index is 1.53. The van der Waals surface area contributed by atoms with E-state index in [0.717, 1.165) is 80.0 Å². The van der Waals surface area contributed by atoms with Crippen molar-refractivity contribution in [3.63, 3.8) is 0 Å². The fourth-order valence-electron chi connectivity index (χ4n) is 6.18. The van der Waals surface area contributed by atoms with Crippen molar-refractivity contribution in [1.82, 2.24) is 19.9 Å². The van der Waals surface area contributed by atoms with Crippen LogP contribution in [0.3, 0.4) is 0 Å². The Hall–Kier alpha value is -5.48. The molecule has 42 heavy (non-hydrogen) atoms. The lowest BCUT2D eigenvalue weighted by molar-refractivity contribution is 1.02. The molecule has 3 aliphatic heterocycles. The maximum Gasteiger partial charge on any atom is 0.0737 e. The van der Waals surface area contributed by atoms with Gasteiger partial charge in [-0.2, -0.15) is 0 Å². The molecule has 3 aromatic carbocycles. The van der Waals surface area contributed by atoms with E-state index in [0.29, 0.717) is 0 Å². The largest absolute Gasteiger partial charge is 0.361 e. The topological polar surface area (TPSA) is 57.4 Å². The Kier molecular flexibility index (Phi) is 5.89. The van der Waals surface area contributed by atoms with Gasteiger partial charge in [0.2, 0.25) is 0 Å².